The molecule has 15 heavy (non-hydrogen) atoms. The van der Waals surface area contributed by atoms with Crippen molar-refractivity contribution in [1.82, 2.24) is 14.9 Å². The van der Waals surface area contributed by atoms with Crippen LogP contribution in [0.2, 0.25) is 0 Å². The Morgan fingerprint density at radius 3 is 2.80 bits per heavy atom. The Morgan fingerprint density at radius 1 is 1.47 bits per heavy atom. The molecule has 1 N–H and O–H groups in total. The predicted molar refractivity (Wildman–Crippen MR) is 64.8 cm³/mol. The number of imidazole rings is 1. The Kier molecular flexibility index (Phi) is 4.56. The monoisotopic (exact) mass is 207 g/mol. The summed E-state index contributed by atoms with van der Waals surface area (Å²) < 4.78 is 2.16. The van der Waals surface area contributed by atoms with E-state index in [1.165, 1.54) is 0 Å². The summed E-state index contributed by atoms with van der Waals surface area (Å²) in [5.74, 6) is 0. The van der Waals surface area contributed by atoms with E-state index in [1.54, 1.807) is 0 Å². The smallest absolute Gasteiger partial charge is 0.0953 e. The van der Waals surface area contributed by atoms with Gasteiger partial charge < -0.3 is 9.88 Å². The summed E-state index contributed by atoms with van der Waals surface area (Å²) in [4.78, 5) is 4.16. The molecular formula is C12H21N3. The molecule has 0 fully saturated rings. The summed E-state index contributed by atoms with van der Waals surface area (Å²) in [5.41, 5.74) is 1.16. The quantitative estimate of drug-likeness (QED) is 0.804. The molecule has 0 amide bonds. The Morgan fingerprint density at radius 2 is 2.20 bits per heavy atom. The number of aromatic nitrogens is 2. The first-order valence-corrected chi connectivity index (χ1v) is 5.58. The molecule has 0 saturated carbocycles. The number of rotatable bonds is 5. The summed E-state index contributed by atoms with van der Waals surface area (Å²) in [6, 6.07) is 0.868. The van der Waals surface area contributed by atoms with Crippen molar-refractivity contribution in [2.45, 2.75) is 39.8 Å². The van der Waals surface area contributed by atoms with Crippen molar-refractivity contribution >= 4 is 6.08 Å². The van der Waals surface area contributed by atoms with Crippen LogP contribution in [0.15, 0.2) is 18.6 Å². The second-order valence-electron chi connectivity index (χ2n) is 4.02. The first-order chi connectivity index (χ1) is 7.15. The summed E-state index contributed by atoms with van der Waals surface area (Å²) in [7, 11) is 0. The molecule has 0 radical (unpaired) electrons. The second kappa shape index (κ2) is 5.71. The molecule has 1 unspecified atom stereocenters. The highest BCUT2D eigenvalue weighted by atomic mass is 15.1. The van der Waals surface area contributed by atoms with Crippen LogP contribution in [-0.2, 0) is 0 Å². The van der Waals surface area contributed by atoms with Gasteiger partial charge in [-0.3, -0.25) is 0 Å². The normalized spacial score (nSPS) is 13.9. The van der Waals surface area contributed by atoms with Gasteiger partial charge in [0.1, 0.15) is 0 Å². The molecule has 1 rings (SSSR count). The van der Waals surface area contributed by atoms with Crippen molar-refractivity contribution in [3.63, 3.8) is 0 Å². The molecule has 0 aromatic carbocycles. The molecule has 3 nitrogen and oxygen atoms in total. The van der Waals surface area contributed by atoms with E-state index in [2.05, 4.69) is 54.7 Å². The molecule has 1 aromatic rings. The van der Waals surface area contributed by atoms with Crippen molar-refractivity contribution < 1.29 is 0 Å². The van der Waals surface area contributed by atoms with Crippen LogP contribution in [0.25, 0.3) is 6.08 Å². The van der Waals surface area contributed by atoms with Gasteiger partial charge in [-0.05, 0) is 33.4 Å². The highest BCUT2D eigenvalue weighted by molar-refractivity contribution is 5.44. The van der Waals surface area contributed by atoms with E-state index in [0.29, 0.717) is 12.1 Å². The summed E-state index contributed by atoms with van der Waals surface area (Å²) in [6.07, 6.45) is 8.07. The van der Waals surface area contributed by atoms with E-state index in [9.17, 15) is 0 Å². The summed E-state index contributed by atoms with van der Waals surface area (Å²) in [5, 5.41) is 3.34. The van der Waals surface area contributed by atoms with Gasteiger partial charge in [0.05, 0.1) is 18.2 Å². The Bertz CT molecular complexity index is 312. The summed E-state index contributed by atoms with van der Waals surface area (Å²) >= 11 is 0. The van der Waals surface area contributed by atoms with E-state index in [-0.39, 0.29) is 0 Å². The Balaban J connectivity index is 2.67. The van der Waals surface area contributed by atoms with Gasteiger partial charge in [-0.15, -0.1) is 0 Å². The second-order valence-corrected chi connectivity index (χ2v) is 4.02. The first kappa shape index (κ1) is 12.0. The molecule has 3 heteroatoms. The standard InChI is InChI=1S/C12H21N3/c1-5-14-11(4)6-7-12-8-13-9-15(12)10(2)3/h6-11,14H,5H2,1-4H3/b7-6+. The lowest BCUT2D eigenvalue weighted by atomic mass is 10.2. The average molecular weight is 207 g/mol. The zero-order valence-corrected chi connectivity index (χ0v) is 10.1. The van der Waals surface area contributed by atoms with Crippen LogP contribution in [-0.4, -0.2) is 22.1 Å². The number of nitrogens with one attached hydrogen (secondary N) is 1. The fraction of sp³-hybridized carbons (Fsp3) is 0.583. The van der Waals surface area contributed by atoms with Gasteiger partial charge in [-0.1, -0.05) is 13.0 Å². The van der Waals surface area contributed by atoms with E-state index >= 15 is 0 Å². The molecule has 0 bridgehead atoms. The van der Waals surface area contributed by atoms with Crippen LogP contribution in [0.5, 0.6) is 0 Å². The van der Waals surface area contributed by atoms with Crippen LogP contribution in [0.1, 0.15) is 39.4 Å². The van der Waals surface area contributed by atoms with Crippen molar-refractivity contribution in [2.75, 3.05) is 6.54 Å². The maximum Gasteiger partial charge on any atom is 0.0953 e. The van der Waals surface area contributed by atoms with Crippen molar-refractivity contribution in [3.05, 3.63) is 24.3 Å². The van der Waals surface area contributed by atoms with Crippen LogP contribution in [0.4, 0.5) is 0 Å². The van der Waals surface area contributed by atoms with Crippen LogP contribution >= 0.6 is 0 Å². The average Bonchev–Trinajstić information content (AvgIpc) is 2.63. The summed E-state index contributed by atoms with van der Waals surface area (Å²) in [6.45, 7) is 9.58. The largest absolute Gasteiger partial charge is 0.329 e. The molecule has 0 spiro atoms. The van der Waals surface area contributed by atoms with E-state index < -0.39 is 0 Å². The van der Waals surface area contributed by atoms with Gasteiger partial charge in [-0.2, -0.15) is 0 Å². The maximum absolute atomic E-state index is 4.16. The maximum atomic E-state index is 4.16. The number of likely N-dealkylation sites (N-methyl/N-ethyl adjacent to an activating group) is 1. The molecule has 0 aliphatic rings. The Labute approximate surface area is 92.2 Å². The minimum Gasteiger partial charge on any atom is -0.329 e. The van der Waals surface area contributed by atoms with Crippen molar-refractivity contribution in [3.8, 4) is 0 Å². The zero-order valence-electron chi connectivity index (χ0n) is 10.1. The molecule has 0 aliphatic heterocycles. The number of nitrogens with zero attached hydrogens (tertiary/aromatic N) is 2. The molecule has 1 aromatic heterocycles. The third-order valence-electron chi connectivity index (χ3n) is 2.33. The minimum absolute atomic E-state index is 0.408. The molecule has 0 saturated heterocycles. The highest BCUT2D eigenvalue weighted by Gasteiger charge is 2.02. The number of hydrogen-bond donors (Lipinski definition) is 1. The van der Waals surface area contributed by atoms with Gasteiger partial charge in [-0.25, -0.2) is 4.98 Å². The van der Waals surface area contributed by atoms with Crippen LogP contribution in [0.3, 0.4) is 0 Å². The lowest BCUT2D eigenvalue weighted by molar-refractivity contribution is 0.595. The third kappa shape index (κ3) is 3.51. The zero-order chi connectivity index (χ0) is 11.3. The molecular weight excluding hydrogens is 186 g/mol. The molecule has 84 valence electrons. The first-order valence-electron chi connectivity index (χ1n) is 5.58. The van der Waals surface area contributed by atoms with Gasteiger partial charge >= 0.3 is 0 Å². The fourth-order valence-electron chi connectivity index (χ4n) is 1.51. The molecule has 0 aliphatic carbocycles. The van der Waals surface area contributed by atoms with Crippen molar-refractivity contribution in [1.29, 1.82) is 0 Å². The Hall–Kier alpha value is -1.09. The molecule has 1 heterocycles. The van der Waals surface area contributed by atoms with E-state index in [1.807, 2.05) is 12.5 Å². The highest BCUT2D eigenvalue weighted by Crippen LogP contribution is 2.10. The van der Waals surface area contributed by atoms with E-state index in [0.717, 1.165) is 12.2 Å². The van der Waals surface area contributed by atoms with Crippen molar-refractivity contribution in [2.24, 2.45) is 0 Å². The lowest BCUT2D eigenvalue weighted by Crippen LogP contribution is -2.22. The van der Waals surface area contributed by atoms with Gasteiger partial charge in [0.15, 0.2) is 0 Å². The van der Waals surface area contributed by atoms with Gasteiger partial charge in [0.2, 0.25) is 0 Å². The SMILES string of the molecule is CCNC(C)/C=C/c1cncn1C(C)C. The molecule has 1 atom stereocenters. The minimum atomic E-state index is 0.408. The number of hydrogen-bond acceptors (Lipinski definition) is 2. The topological polar surface area (TPSA) is 29.9 Å². The fourth-order valence-corrected chi connectivity index (χ4v) is 1.51. The third-order valence-corrected chi connectivity index (χ3v) is 2.33. The van der Waals surface area contributed by atoms with Crippen LogP contribution < -0.4 is 5.32 Å². The van der Waals surface area contributed by atoms with Crippen LogP contribution in [0, 0.1) is 0 Å². The van der Waals surface area contributed by atoms with Gasteiger partial charge in [0, 0.05) is 12.1 Å². The lowest BCUT2D eigenvalue weighted by Gasteiger charge is -2.10. The van der Waals surface area contributed by atoms with Gasteiger partial charge in [0.25, 0.3) is 0 Å². The predicted octanol–water partition coefficient (Wildman–Crippen LogP) is 2.48. The van der Waals surface area contributed by atoms with E-state index in [4.69, 9.17) is 0 Å².